The molecule has 0 aliphatic heterocycles. The van der Waals surface area contributed by atoms with Gasteiger partial charge in [-0.3, -0.25) is 19.7 Å². The van der Waals surface area contributed by atoms with Gasteiger partial charge in [-0.2, -0.15) is 0 Å². The summed E-state index contributed by atoms with van der Waals surface area (Å²) in [5, 5.41) is 14.6. The highest BCUT2D eigenvalue weighted by Crippen LogP contribution is 2.21. The van der Waals surface area contributed by atoms with Gasteiger partial charge >= 0.3 is 0 Å². The van der Waals surface area contributed by atoms with Crippen molar-refractivity contribution < 1.29 is 14.5 Å². The lowest BCUT2D eigenvalue weighted by atomic mass is 10.1. The summed E-state index contributed by atoms with van der Waals surface area (Å²) in [4.78, 5) is 37.8. The first-order valence-electron chi connectivity index (χ1n) is 9.25. The van der Waals surface area contributed by atoms with Crippen molar-refractivity contribution in [2.24, 2.45) is 0 Å². The molecule has 154 valence electrons. The number of amides is 2. The van der Waals surface area contributed by atoms with Crippen LogP contribution in [0.25, 0.3) is 0 Å². The highest BCUT2D eigenvalue weighted by molar-refractivity contribution is 6.30. The maximum atomic E-state index is 13.1. The van der Waals surface area contributed by atoms with Crippen LogP contribution < -0.4 is 5.32 Å². The predicted octanol–water partition coefficient (Wildman–Crippen LogP) is 3.73. The molecular weight excluding hydrogens is 394 g/mol. The van der Waals surface area contributed by atoms with Crippen molar-refractivity contribution in [1.29, 1.82) is 0 Å². The number of carbonyl (C=O) groups excluding carboxylic acids is 2. The second-order valence-electron chi connectivity index (χ2n) is 7.05. The van der Waals surface area contributed by atoms with Gasteiger partial charge in [0.25, 0.3) is 5.69 Å². The highest BCUT2D eigenvalue weighted by Gasteiger charge is 2.28. The molecule has 2 aromatic rings. The highest BCUT2D eigenvalue weighted by atomic mass is 35.5. The molecule has 0 saturated carbocycles. The number of hydrogen-bond acceptors (Lipinski definition) is 4. The molecule has 29 heavy (non-hydrogen) atoms. The van der Waals surface area contributed by atoms with E-state index in [0.29, 0.717) is 10.6 Å². The van der Waals surface area contributed by atoms with E-state index >= 15 is 0 Å². The van der Waals surface area contributed by atoms with Gasteiger partial charge in [0, 0.05) is 29.2 Å². The Labute approximate surface area is 174 Å². The summed E-state index contributed by atoms with van der Waals surface area (Å²) in [5.74, 6) is -0.662. The molecule has 0 aliphatic rings. The van der Waals surface area contributed by atoms with Crippen LogP contribution in [0.5, 0.6) is 0 Å². The lowest BCUT2D eigenvalue weighted by Gasteiger charge is -2.29. The van der Waals surface area contributed by atoms with Gasteiger partial charge in [-0.15, -0.1) is 0 Å². The molecule has 0 saturated heterocycles. The van der Waals surface area contributed by atoms with Gasteiger partial charge in [-0.05, 0) is 38.5 Å². The maximum Gasteiger partial charge on any atom is 0.273 e. The summed E-state index contributed by atoms with van der Waals surface area (Å²) in [6.07, 6.45) is -0.177. The minimum Gasteiger partial charge on any atom is -0.352 e. The summed E-state index contributed by atoms with van der Waals surface area (Å²) < 4.78 is 0. The van der Waals surface area contributed by atoms with E-state index < -0.39 is 11.0 Å². The van der Waals surface area contributed by atoms with E-state index in [-0.39, 0.29) is 36.5 Å². The largest absolute Gasteiger partial charge is 0.352 e. The van der Waals surface area contributed by atoms with Crippen molar-refractivity contribution in [3.63, 3.8) is 0 Å². The van der Waals surface area contributed by atoms with Crippen molar-refractivity contribution >= 4 is 29.1 Å². The Hall–Kier alpha value is -2.93. The van der Waals surface area contributed by atoms with E-state index in [4.69, 9.17) is 11.6 Å². The first kappa shape index (κ1) is 22.4. The Morgan fingerprint density at radius 3 is 2.31 bits per heavy atom. The van der Waals surface area contributed by atoms with Gasteiger partial charge < -0.3 is 10.2 Å². The van der Waals surface area contributed by atoms with Crippen LogP contribution in [0, 0.1) is 10.1 Å². The van der Waals surface area contributed by atoms with E-state index in [0.717, 1.165) is 5.56 Å². The number of benzene rings is 2. The minimum atomic E-state index is -0.747. The standard InChI is InChI=1S/C21H24ClN3O4/c1-14(2)23-21(27)15(3)24(13-16-8-10-18(22)11-9-16)20(26)12-17-6-4-5-7-19(17)25(28)29/h4-11,14-15H,12-13H2,1-3H3,(H,23,27)/t15-/m1/s1. The van der Waals surface area contributed by atoms with Gasteiger partial charge in [-0.25, -0.2) is 0 Å². The molecule has 7 nitrogen and oxygen atoms in total. The quantitative estimate of drug-likeness (QED) is 0.523. The van der Waals surface area contributed by atoms with Crippen LogP contribution in [-0.4, -0.2) is 33.7 Å². The van der Waals surface area contributed by atoms with Crippen molar-refractivity contribution in [3.8, 4) is 0 Å². The molecule has 0 unspecified atom stereocenters. The number of nitrogens with zero attached hydrogens (tertiary/aromatic N) is 2. The number of nitrogens with one attached hydrogen (secondary N) is 1. The van der Waals surface area contributed by atoms with Crippen molar-refractivity contribution in [2.75, 3.05) is 0 Å². The molecular formula is C21H24ClN3O4. The molecule has 1 N–H and O–H groups in total. The molecule has 0 heterocycles. The molecule has 8 heteroatoms. The van der Waals surface area contributed by atoms with Gasteiger partial charge in [0.2, 0.25) is 11.8 Å². The molecule has 2 aromatic carbocycles. The van der Waals surface area contributed by atoms with Crippen molar-refractivity contribution in [2.45, 2.75) is 45.8 Å². The zero-order valence-corrected chi connectivity index (χ0v) is 17.3. The SMILES string of the molecule is CC(C)NC(=O)[C@@H](C)N(Cc1ccc(Cl)cc1)C(=O)Cc1ccccc1[N+](=O)[O-]. The number of halogens is 1. The van der Waals surface area contributed by atoms with Gasteiger partial charge in [0.1, 0.15) is 6.04 Å². The van der Waals surface area contributed by atoms with Crippen LogP contribution in [0.4, 0.5) is 5.69 Å². The monoisotopic (exact) mass is 417 g/mol. The van der Waals surface area contributed by atoms with Gasteiger partial charge in [0.05, 0.1) is 11.3 Å². The van der Waals surface area contributed by atoms with Crippen LogP contribution >= 0.6 is 11.6 Å². The molecule has 2 rings (SSSR count). The van der Waals surface area contributed by atoms with Crippen LogP contribution in [0.2, 0.25) is 5.02 Å². The average Bonchev–Trinajstić information content (AvgIpc) is 2.66. The summed E-state index contributed by atoms with van der Waals surface area (Å²) >= 11 is 5.93. The fourth-order valence-corrected chi connectivity index (χ4v) is 3.00. The number of carbonyl (C=O) groups is 2. The lowest BCUT2D eigenvalue weighted by Crippen LogP contribution is -2.49. The molecule has 2 amide bonds. The van der Waals surface area contributed by atoms with Crippen LogP contribution in [0.3, 0.4) is 0 Å². The maximum absolute atomic E-state index is 13.1. The zero-order valence-electron chi connectivity index (χ0n) is 16.6. The van der Waals surface area contributed by atoms with Gasteiger partial charge in [0.15, 0.2) is 0 Å². The molecule has 0 aliphatic carbocycles. The fraction of sp³-hybridized carbons (Fsp3) is 0.333. The van der Waals surface area contributed by atoms with Crippen LogP contribution in [0.1, 0.15) is 31.9 Å². The van der Waals surface area contributed by atoms with Crippen LogP contribution in [0.15, 0.2) is 48.5 Å². The number of nitro benzene ring substituents is 1. The third kappa shape index (κ3) is 6.29. The van der Waals surface area contributed by atoms with E-state index in [9.17, 15) is 19.7 Å². The van der Waals surface area contributed by atoms with Crippen molar-refractivity contribution in [1.82, 2.24) is 10.2 Å². The van der Waals surface area contributed by atoms with E-state index in [2.05, 4.69) is 5.32 Å². The third-order valence-electron chi connectivity index (χ3n) is 4.39. The lowest BCUT2D eigenvalue weighted by molar-refractivity contribution is -0.385. The second-order valence-corrected chi connectivity index (χ2v) is 7.49. The fourth-order valence-electron chi connectivity index (χ4n) is 2.88. The third-order valence-corrected chi connectivity index (χ3v) is 4.65. The predicted molar refractivity (Wildman–Crippen MR) is 112 cm³/mol. The molecule has 0 aromatic heterocycles. The number of para-hydroxylation sites is 1. The first-order valence-corrected chi connectivity index (χ1v) is 9.63. The number of nitro groups is 1. The van der Waals surface area contributed by atoms with Crippen molar-refractivity contribution in [3.05, 3.63) is 74.8 Å². The average molecular weight is 418 g/mol. The Balaban J connectivity index is 2.30. The first-order chi connectivity index (χ1) is 13.7. The van der Waals surface area contributed by atoms with E-state index in [1.54, 1.807) is 49.4 Å². The Morgan fingerprint density at radius 1 is 1.10 bits per heavy atom. The normalized spacial score (nSPS) is 11.8. The zero-order chi connectivity index (χ0) is 21.6. The Bertz CT molecular complexity index is 884. The van der Waals surface area contributed by atoms with E-state index in [1.807, 2.05) is 13.8 Å². The Kier molecular flexibility index (Phi) is 7.73. The molecule has 0 radical (unpaired) electrons. The smallest absolute Gasteiger partial charge is 0.273 e. The summed E-state index contributed by atoms with van der Waals surface area (Å²) in [6.45, 7) is 5.50. The molecule has 1 atom stereocenters. The number of hydrogen-bond donors (Lipinski definition) is 1. The molecule has 0 fully saturated rings. The molecule has 0 bridgehead atoms. The summed E-state index contributed by atoms with van der Waals surface area (Å²) in [7, 11) is 0. The van der Waals surface area contributed by atoms with Crippen LogP contribution in [-0.2, 0) is 22.6 Å². The topological polar surface area (TPSA) is 92.6 Å². The number of rotatable bonds is 8. The Morgan fingerprint density at radius 2 is 1.72 bits per heavy atom. The minimum absolute atomic E-state index is 0.0763. The van der Waals surface area contributed by atoms with E-state index in [1.165, 1.54) is 11.0 Å². The van der Waals surface area contributed by atoms with Gasteiger partial charge in [-0.1, -0.05) is 41.9 Å². The molecule has 0 spiro atoms. The second kappa shape index (κ2) is 10.0. The summed E-state index contributed by atoms with van der Waals surface area (Å²) in [5.41, 5.74) is 0.987. The summed E-state index contributed by atoms with van der Waals surface area (Å²) in [6, 6.07) is 12.3.